The van der Waals surface area contributed by atoms with Crippen LogP contribution in [0.15, 0.2) is 22.7 Å². The summed E-state index contributed by atoms with van der Waals surface area (Å²) < 4.78 is 27.8. The molecular formula is C16H21BrF2. The van der Waals surface area contributed by atoms with Gasteiger partial charge in [0.1, 0.15) is 0 Å². The van der Waals surface area contributed by atoms with E-state index in [0.717, 1.165) is 17.3 Å². The van der Waals surface area contributed by atoms with E-state index in [0.29, 0.717) is 12.8 Å². The van der Waals surface area contributed by atoms with E-state index in [1.54, 1.807) is 0 Å². The highest BCUT2D eigenvalue weighted by atomic mass is 79.9. The van der Waals surface area contributed by atoms with Gasteiger partial charge in [0, 0.05) is 17.3 Å². The molecule has 0 atom stereocenters. The molecule has 0 aliphatic heterocycles. The summed E-state index contributed by atoms with van der Waals surface area (Å²) >= 11 is 3.47. The molecule has 0 unspecified atom stereocenters. The molecule has 0 spiro atoms. The van der Waals surface area contributed by atoms with Gasteiger partial charge in [-0.25, -0.2) is 8.78 Å². The Hall–Kier alpha value is -0.440. The Morgan fingerprint density at radius 2 is 1.79 bits per heavy atom. The van der Waals surface area contributed by atoms with Crippen LogP contribution in [0.5, 0.6) is 0 Å². The first kappa shape index (κ1) is 15.0. The van der Waals surface area contributed by atoms with Crippen LogP contribution in [0.4, 0.5) is 8.78 Å². The summed E-state index contributed by atoms with van der Waals surface area (Å²) in [5.74, 6) is -2.44. The minimum absolute atomic E-state index is 0.0520. The van der Waals surface area contributed by atoms with Crippen LogP contribution in [0, 0.1) is 12.3 Å². The topological polar surface area (TPSA) is 0 Å². The molecule has 1 aromatic rings. The minimum Gasteiger partial charge on any atom is -0.207 e. The lowest BCUT2D eigenvalue weighted by Gasteiger charge is -2.40. The second-order valence-electron chi connectivity index (χ2n) is 5.96. The minimum atomic E-state index is -2.44. The molecule has 0 amide bonds. The highest BCUT2D eigenvalue weighted by Crippen LogP contribution is 2.47. The summed E-state index contributed by atoms with van der Waals surface area (Å²) in [6.45, 7) is 4.23. The number of aryl methyl sites for hydroxylation is 1. The lowest BCUT2D eigenvalue weighted by molar-refractivity contribution is -0.0680. The van der Waals surface area contributed by atoms with Crippen molar-refractivity contribution in [3.05, 3.63) is 33.8 Å². The first-order chi connectivity index (χ1) is 8.86. The molecule has 1 aliphatic carbocycles. The Morgan fingerprint density at radius 1 is 1.16 bits per heavy atom. The molecular weight excluding hydrogens is 310 g/mol. The first-order valence-corrected chi connectivity index (χ1v) is 7.78. The lowest BCUT2D eigenvalue weighted by Crippen LogP contribution is -2.34. The van der Waals surface area contributed by atoms with Crippen molar-refractivity contribution in [1.29, 1.82) is 0 Å². The van der Waals surface area contributed by atoms with Gasteiger partial charge in [-0.15, -0.1) is 0 Å². The van der Waals surface area contributed by atoms with Crippen LogP contribution in [0.3, 0.4) is 0 Å². The number of alkyl halides is 2. The summed E-state index contributed by atoms with van der Waals surface area (Å²) in [6.07, 6.45) is 3.31. The van der Waals surface area contributed by atoms with Crippen LogP contribution in [-0.2, 0) is 6.42 Å². The third-order valence-electron chi connectivity index (χ3n) is 4.66. The van der Waals surface area contributed by atoms with E-state index in [4.69, 9.17) is 0 Å². The van der Waals surface area contributed by atoms with E-state index in [-0.39, 0.29) is 18.3 Å². The standard InChI is InChI=1S/C16H21BrF2/c1-3-15(6-8-16(18,19)9-7-15)11-13-4-5-14(17)10-12(13)2/h4-5,10H,3,6-9,11H2,1-2H3. The average Bonchev–Trinajstić information content (AvgIpc) is 2.36. The fourth-order valence-electron chi connectivity index (χ4n) is 3.06. The number of halogens is 3. The Bertz CT molecular complexity index is 444. The molecule has 0 N–H and O–H groups in total. The van der Waals surface area contributed by atoms with E-state index in [1.165, 1.54) is 11.1 Å². The molecule has 1 fully saturated rings. The summed E-state index contributed by atoms with van der Waals surface area (Å²) in [6, 6.07) is 6.28. The first-order valence-electron chi connectivity index (χ1n) is 6.99. The summed E-state index contributed by atoms with van der Waals surface area (Å²) in [5.41, 5.74) is 2.62. The maximum absolute atomic E-state index is 13.3. The second kappa shape index (κ2) is 5.51. The Kier molecular flexibility index (Phi) is 4.34. The molecule has 106 valence electrons. The van der Waals surface area contributed by atoms with Gasteiger partial charge in [0.15, 0.2) is 0 Å². The number of hydrogen-bond donors (Lipinski definition) is 0. The van der Waals surface area contributed by atoms with Gasteiger partial charge in [-0.05, 0) is 54.9 Å². The molecule has 2 rings (SSSR count). The highest BCUT2D eigenvalue weighted by molar-refractivity contribution is 9.10. The molecule has 0 saturated heterocycles. The van der Waals surface area contributed by atoms with Crippen LogP contribution in [0.2, 0.25) is 0 Å². The molecule has 0 nitrogen and oxygen atoms in total. The normalized spacial score (nSPS) is 21.3. The van der Waals surface area contributed by atoms with Crippen LogP contribution in [0.25, 0.3) is 0 Å². The largest absolute Gasteiger partial charge is 0.248 e. The zero-order chi connectivity index (χ0) is 14.1. The van der Waals surface area contributed by atoms with Gasteiger partial charge < -0.3 is 0 Å². The third-order valence-corrected chi connectivity index (χ3v) is 5.16. The van der Waals surface area contributed by atoms with E-state index in [2.05, 4.69) is 41.9 Å². The van der Waals surface area contributed by atoms with Gasteiger partial charge in [0.05, 0.1) is 0 Å². The summed E-state index contributed by atoms with van der Waals surface area (Å²) in [4.78, 5) is 0. The molecule has 19 heavy (non-hydrogen) atoms. The van der Waals surface area contributed by atoms with Crippen molar-refractivity contribution in [2.24, 2.45) is 5.41 Å². The summed E-state index contributed by atoms with van der Waals surface area (Å²) in [5, 5.41) is 0. The smallest absolute Gasteiger partial charge is 0.207 e. The second-order valence-corrected chi connectivity index (χ2v) is 6.87. The van der Waals surface area contributed by atoms with Crippen molar-refractivity contribution >= 4 is 15.9 Å². The molecule has 0 bridgehead atoms. The average molecular weight is 331 g/mol. The van der Waals surface area contributed by atoms with Crippen molar-refractivity contribution in [3.8, 4) is 0 Å². The van der Waals surface area contributed by atoms with Crippen molar-refractivity contribution in [2.45, 2.75) is 58.3 Å². The molecule has 1 saturated carbocycles. The number of benzene rings is 1. The molecule has 3 heteroatoms. The lowest BCUT2D eigenvalue weighted by atomic mass is 9.67. The monoisotopic (exact) mass is 330 g/mol. The van der Waals surface area contributed by atoms with Crippen LogP contribution in [-0.4, -0.2) is 5.92 Å². The van der Waals surface area contributed by atoms with Crippen LogP contribution < -0.4 is 0 Å². The van der Waals surface area contributed by atoms with Crippen molar-refractivity contribution < 1.29 is 8.78 Å². The van der Waals surface area contributed by atoms with Crippen molar-refractivity contribution in [2.75, 3.05) is 0 Å². The van der Waals surface area contributed by atoms with E-state index in [9.17, 15) is 8.78 Å². The predicted octanol–water partition coefficient (Wildman–Crippen LogP) is 5.91. The zero-order valence-corrected chi connectivity index (χ0v) is 13.2. The Balaban J connectivity index is 2.15. The molecule has 0 radical (unpaired) electrons. The third kappa shape index (κ3) is 3.56. The van der Waals surface area contributed by atoms with Gasteiger partial charge >= 0.3 is 0 Å². The van der Waals surface area contributed by atoms with Crippen LogP contribution >= 0.6 is 15.9 Å². The van der Waals surface area contributed by atoms with E-state index >= 15 is 0 Å². The Labute approximate surface area is 122 Å². The molecule has 0 heterocycles. The fraction of sp³-hybridized carbons (Fsp3) is 0.625. The fourth-order valence-corrected chi connectivity index (χ4v) is 3.54. The van der Waals surface area contributed by atoms with Crippen LogP contribution in [0.1, 0.15) is 50.2 Å². The maximum atomic E-state index is 13.3. The number of hydrogen-bond acceptors (Lipinski definition) is 0. The molecule has 1 aromatic carbocycles. The van der Waals surface area contributed by atoms with Gasteiger partial charge in [-0.1, -0.05) is 35.3 Å². The van der Waals surface area contributed by atoms with Crippen molar-refractivity contribution in [1.82, 2.24) is 0 Å². The van der Waals surface area contributed by atoms with Gasteiger partial charge in [0.25, 0.3) is 0 Å². The highest BCUT2D eigenvalue weighted by Gasteiger charge is 2.42. The van der Waals surface area contributed by atoms with Gasteiger partial charge in [-0.2, -0.15) is 0 Å². The Morgan fingerprint density at radius 3 is 2.32 bits per heavy atom. The van der Waals surface area contributed by atoms with Gasteiger partial charge in [0.2, 0.25) is 5.92 Å². The van der Waals surface area contributed by atoms with Gasteiger partial charge in [-0.3, -0.25) is 0 Å². The molecule has 0 aromatic heterocycles. The molecule has 1 aliphatic rings. The SMILES string of the molecule is CCC1(Cc2ccc(Br)cc2C)CCC(F)(F)CC1. The van der Waals surface area contributed by atoms with E-state index in [1.807, 2.05) is 6.07 Å². The summed E-state index contributed by atoms with van der Waals surface area (Å²) in [7, 11) is 0. The predicted molar refractivity (Wildman–Crippen MR) is 78.7 cm³/mol. The quantitative estimate of drug-likeness (QED) is 0.646. The van der Waals surface area contributed by atoms with Crippen molar-refractivity contribution in [3.63, 3.8) is 0 Å². The zero-order valence-electron chi connectivity index (χ0n) is 11.6. The van der Waals surface area contributed by atoms with E-state index < -0.39 is 5.92 Å². The number of rotatable bonds is 3. The maximum Gasteiger partial charge on any atom is 0.248 e.